The Morgan fingerprint density at radius 3 is 2.26 bits per heavy atom. The van der Waals surface area contributed by atoms with E-state index in [1.165, 1.54) is 6.07 Å². The average molecular weight is 318 g/mol. The minimum absolute atomic E-state index is 0. The number of hydrogen-bond donors (Lipinski definition) is 1. The molecule has 0 aromatic heterocycles. The van der Waals surface area contributed by atoms with Crippen molar-refractivity contribution in [2.24, 2.45) is 0 Å². The van der Waals surface area contributed by atoms with Crippen molar-refractivity contribution in [2.75, 3.05) is 0 Å². The fourth-order valence-corrected chi connectivity index (χ4v) is 1.57. The van der Waals surface area contributed by atoms with Gasteiger partial charge in [0, 0.05) is 35.1 Å². The summed E-state index contributed by atoms with van der Waals surface area (Å²) in [5.41, 5.74) is 0.139. The summed E-state index contributed by atoms with van der Waals surface area (Å²) < 4.78 is 0. The van der Waals surface area contributed by atoms with Gasteiger partial charge in [-0.05, 0) is 12.1 Å². The molecule has 2 aromatic carbocycles. The zero-order valence-electron chi connectivity index (χ0n) is 9.69. The van der Waals surface area contributed by atoms with Crippen molar-refractivity contribution in [1.82, 2.24) is 0 Å². The first-order chi connectivity index (χ1) is 8.59. The van der Waals surface area contributed by atoms with E-state index in [1.54, 1.807) is 30.3 Å². The smallest absolute Gasteiger partial charge is 0.311 e. The van der Waals surface area contributed by atoms with Crippen LogP contribution in [0.4, 0.5) is 5.69 Å². The largest absolute Gasteiger partial charge is 0.502 e. The van der Waals surface area contributed by atoms with Gasteiger partial charge < -0.3 is 5.11 Å². The van der Waals surface area contributed by atoms with Crippen LogP contribution in [0, 0.1) is 10.1 Å². The van der Waals surface area contributed by atoms with Crippen LogP contribution in [0.5, 0.6) is 5.75 Å². The van der Waals surface area contributed by atoms with E-state index in [2.05, 4.69) is 0 Å². The Kier molecular flexibility index (Phi) is 4.84. The van der Waals surface area contributed by atoms with Gasteiger partial charge in [-0.15, -0.1) is 0 Å². The normalized spacial score (nSPS) is 9.47. The molecule has 0 amide bonds. The molecule has 0 aliphatic carbocycles. The van der Waals surface area contributed by atoms with E-state index in [9.17, 15) is 20.0 Å². The van der Waals surface area contributed by atoms with Crippen molar-refractivity contribution < 1.29 is 14.8 Å². The fourth-order valence-electron chi connectivity index (χ4n) is 1.57. The number of hydrogen-bond acceptors (Lipinski definition) is 4. The molecule has 0 heterocycles. The van der Waals surface area contributed by atoms with E-state index in [-0.39, 0.29) is 29.3 Å². The van der Waals surface area contributed by atoms with Crippen molar-refractivity contribution in [3.05, 3.63) is 69.8 Å². The number of nitro groups is 1. The third-order valence-corrected chi connectivity index (χ3v) is 2.47. The van der Waals surface area contributed by atoms with Gasteiger partial charge in [0.25, 0.3) is 0 Å². The molecule has 1 N–H and O–H groups in total. The molecule has 0 aliphatic heterocycles. The van der Waals surface area contributed by atoms with Gasteiger partial charge in [0.1, 0.15) is 0 Å². The predicted molar refractivity (Wildman–Crippen MR) is 70.4 cm³/mol. The van der Waals surface area contributed by atoms with E-state index >= 15 is 0 Å². The van der Waals surface area contributed by atoms with Crippen LogP contribution in [0.15, 0.2) is 48.5 Å². The number of benzene rings is 2. The van der Waals surface area contributed by atoms with Crippen LogP contribution in [0.2, 0.25) is 0 Å². The number of phenols is 1. The van der Waals surface area contributed by atoms with E-state index < -0.39 is 16.4 Å². The zero-order valence-corrected chi connectivity index (χ0v) is 11.6. The maximum atomic E-state index is 12.0. The van der Waals surface area contributed by atoms with E-state index in [4.69, 9.17) is 0 Å². The van der Waals surface area contributed by atoms with Crippen molar-refractivity contribution in [3.63, 3.8) is 0 Å². The Morgan fingerprint density at radius 2 is 1.68 bits per heavy atom. The molecular formula is C13H9AsNO4. The van der Waals surface area contributed by atoms with Crippen molar-refractivity contribution >= 4 is 29.4 Å². The number of ketones is 1. The Balaban J connectivity index is 0.00000180. The second-order valence-corrected chi connectivity index (χ2v) is 3.66. The van der Waals surface area contributed by atoms with Gasteiger partial charge in [-0.2, -0.15) is 0 Å². The van der Waals surface area contributed by atoms with Crippen molar-refractivity contribution in [1.29, 1.82) is 0 Å². The van der Waals surface area contributed by atoms with Crippen molar-refractivity contribution in [3.8, 4) is 5.75 Å². The summed E-state index contributed by atoms with van der Waals surface area (Å²) in [5.74, 6) is -0.775. The van der Waals surface area contributed by atoms with Crippen LogP contribution < -0.4 is 0 Å². The molecule has 2 rings (SSSR count). The molecule has 0 unspecified atom stereocenters. The molecule has 0 saturated carbocycles. The van der Waals surface area contributed by atoms with Crippen LogP contribution in [0.25, 0.3) is 0 Å². The molecule has 95 valence electrons. The van der Waals surface area contributed by atoms with Crippen LogP contribution in [-0.2, 0) is 0 Å². The number of rotatable bonds is 3. The predicted octanol–water partition coefficient (Wildman–Crippen LogP) is 2.15. The molecule has 0 spiro atoms. The molecule has 3 radical (unpaired) electrons. The molecular weight excluding hydrogens is 309 g/mol. The van der Waals surface area contributed by atoms with E-state index in [1.807, 2.05) is 0 Å². The SMILES string of the molecule is O=C(c1ccccc1)c1ccc(O)c([N+](=O)[O-])c1.[As]. The van der Waals surface area contributed by atoms with Gasteiger partial charge in [-0.25, -0.2) is 0 Å². The molecule has 0 bridgehead atoms. The summed E-state index contributed by atoms with van der Waals surface area (Å²) in [4.78, 5) is 22.0. The Morgan fingerprint density at radius 1 is 1.05 bits per heavy atom. The number of nitro benzene ring substituents is 1. The summed E-state index contributed by atoms with van der Waals surface area (Å²) in [5, 5.41) is 20.0. The maximum Gasteiger partial charge on any atom is 0.311 e. The van der Waals surface area contributed by atoms with Gasteiger partial charge in [0.05, 0.1) is 4.92 Å². The summed E-state index contributed by atoms with van der Waals surface area (Å²) in [7, 11) is 0. The average Bonchev–Trinajstić information content (AvgIpc) is 2.39. The van der Waals surface area contributed by atoms with Crippen LogP contribution in [0.1, 0.15) is 15.9 Å². The topological polar surface area (TPSA) is 80.4 Å². The first-order valence-corrected chi connectivity index (χ1v) is 5.17. The first kappa shape index (κ1) is 14.9. The summed E-state index contributed by atoms with van der Waals surface area (Å²) >= 11 is 0. The Hall–Kier alpha value is -2.13. The van der Waals surface area contributed by atoms with Crippen LogP contribution in [-0.4, -0.2) is 33.8 Å². The Bertz CT molecular complexity index is 613. The molecule has 19 heavy (non-hydrogen) atoms. The van der Waals surface area contributed by atoms with Gasteiger partial charge >= 0.3 is 5.69 Å². The standard InChI is InChI=1S/C13H9NO4.As/c15-12-7-6-10(8-11(12)14(17)18)13(16)9-4-2-1-3-5-9;/h1-8,15H;. The molecule has 5 nitrogen and oxygen atoms in total. The second-order valence-electron chi connectivity index (χ2n) is 3.66. The summed E-state index contributed by atoms with van der Waals surface area (Å²) in [6, 6.07) is 12.0. The Labute approximate surface area is 120 Å². The molecule has 0 aliphatic rings. The zero-order chi connectivity index (χ0) is 13.1. The van der Waals surface area contributed by atoms with E-state index in [0.29, 0.717) is 5.56 Å². The number of aromatic hydroxyl groups is 1. The minimum Gasteiger partial charge on any atom is -0.502 e. The maximum absolute atomic E-state index is 12.0. The van der Waals surface area contributed by atoms with Gasteiger partial charge in [-0.1, -0.05) is 30.3 Å². The number of carbonyl (C=O) groups is 1. The third-order valence-electron chi connectivity index (χ3n) is 2.47. The molecule has 6 heteroatoms. The first-order valence-electron chi connectivity index (χ1n) is 5.17. The van der Waals surface area contributed by atoms with Gasteiger partial charge in [0.15, 0.2) is 11.5 Å². The quantitative estimate of drug-likeness (QED) is 0.407. The second kappa shape index (κ2) is 6.16. The van der Waals surface area contributed by atoms with Crippen LogP contribution in [0.3, 0.4) is 0 Å². The monoisotopic (exact) mass is 318 g/mol. The van der Waals surface area contributed by atoms with Gasteiger partial charge in [-0.3, -0.25) is 14.9 Å². The third kappa shape index (κ3) is 3.20. The molecule has 2 aromatic rings. The fraction of sp³-hybridized carbons (Fsp3) is 0. The summed E-state index contributed by atoms with van der Waals surface area (Å²) in [6.45, 7) is 0. The minimum atomic E-state index is -0.725. The van der Waals surface area contributed by atoms with Crippen LogP contribution >= 0.6 is 0 Å². The molecule has 0 fully saturated rings. The van der Waals surface area contributed by atoms with Crippen molar-refractivity contribution in [2.45, 2.75) is 0 Å². The number of carbonyl (C=O) groups excluding carboxylic acids is 1. The van der Waals surface area contributed by atoms with Gasteiger partial charge in [0.2, 0.25) is 0 Å². The van der Waals surface area contributed by atoms with E-state index in [0.717, 1.165) is 12.1 Å². The number of phenolic OH excluding ortho intramolecular Hbond substituents is 1. The molecule has 0 atom stereocenters. The number of nitrogens with zero attached hydrogens (tertiary/aromatic N) is 1. The molecule has 0 saturated heterocycles. The summed E-state index contributed by atoms with van der Waals surface area (Å²) in [6.07, 6.45) is 0.